The monoisotopic (exact) mass is 640 g/mol. The lowest BCUT2D eigenvalue weighted by atomic mass is 10.2. The van der Waals surface area contributed by atoms with Crippen LogP contribution in [0.3, 0.4) is 0 Å². The topological polar surface area (TPSA) is 167 Å². The number of nitrogens with one attached hydrogen (secondary N) is 2. The maximum Gasteiger partial charge on any atom is 0.213 e. The first-order valence-electron chi connectivity index (χ1n) is 13.8. The number of hydrogen-bond acceptors (Lipinski definition) is 10. The fraction of sp³-hybridized carbons (Fsp3) is 0.0303. The Morgan fingerprint density at radius 1 is 0.522 bits per heavy atom. The van der Waals surface area contributed by atoms with E-state index in [1.54, 1.807) is 79.7 Å². The minimum atomic E-state index is -3.84. The number of sulfone groups is 1. The molecule has 6 rings (SSSR count). The third-order valence-corrected chi connectivity index (χ3v) is 8.84. The molecular formula is C33H28N4O8S. The first-order chi connectivity index (χ1) is 22.1. The highest BCUT2D eigenvalue weighted by Crippen LogP contribution is 2.32. The number of nitrogens with zero attached hydrogens (tertiary/aromatic N) is 2. The van der Waals surface area contributed by atoms with E-state index in [0.29, 0.717) is 39.9 Å². The van der Waals surface area contributed by atoms with Gasteiger partial charge in [0.2, 0.25) is 33.4 Å². The molecule has 0 atom stereocenters. The molecule has 4 aromatic carbocycles. The second-order valence-electron chi connectivity index (χ2n) is 10.1. The molecule has 2 heterocycles. The molecule has 6 aromatic rings. The molecule has 13 heteroatoms. The number of ether oxygens (including phenoxy) is 2. The van der Waals surface area contributed by atoms with Gasteiger partial charge in [-0.25, -0.2) is 8.42 Å². The van der Waals surface area contributed by atoms with Gasteiger partial charge in [-0.2, -0.15) is 9.35 Å². The number of aromatic nitrogens is 2. The van der Waals surface area contributed by atoms with E-state index in [2.05, 4.69) is 10.9 Å². The lowest BCUT2D eigenvalue weighted by molar-refractivity contribution is 0.392. The Hall–Kier alpha value is -6.21. The van der Waals surface area contributed by atoms with Crippen molar-refractivity contribution in [3.8, 4) is 46.5 Å². The Morgan fingerprint density at radius 2 is 0.891 bits per heavy atom. The van der Waals surface area contributed by atoms with E-state index in [9.17, 15) is 28.8 Å². The van der Waals surface area contributed by atoms with Crippen molar-refractivity contribution in [1.29, 1.82) is 0 Å². The van der Waals surface area contributed by atoms with Crippen LogP contribution in [0.1, 0.15) is 5.56 Å². The van der Waals surface area contributed by atoms with Crippen molar-refractivity contribution >= 4 is 21.2 Å². The predicted molar refractivity (Wildman–Crippen MR) is 170 cm³/mol. The Labute approximate surface area is 263 Å². The molecule has 0 aliphatic carbocycles. The standard InChI is InChI=1S/C33H28N4O8S/c1-21-20-27(45-25-8-4-23(5-9-25)35-37-32(40)18-19-33(37)41)12-15-29(21)46(42,43)28-13-10-26(11-14-28)44-24-6-2-22(3-7-24)34-36-30(38)16-17-31(36)39/h2-20,34-35,38-41H,1H3. The van der Waals surface area contributed by atoms with Gasteiger partial charge in [-0.3, -0.25) is 10.9 Å². The number of hydrogen-bond donors (Lipinski definition) is 6. The molecule has 0 spiro atoms. The average molecular weight is 641 g/mol. The van der Waals surface area contributed by atoms with E-state index >= 15 is 0 Å². The number of aromatic hydroxyl groups is 4. The Kier molecular flexibility index (Phi) is 7.82. The fourth-order valence-electron chi connectivity index (χ4n) is 4.59. The SMILES string of the molecule is Cc1cc(Oc2ccc(Nn3c(O)ccc3O)cc2)ccc1S(=O)(=O)c1ccc(Oc2ccc(Nn3c(O)ccc3O)cc2)cc1. The molecule has 0 bridgehead atoms. The van der Waals surface area contributed by atoms with E-state index in [0.717, 1.165) is 9.35 Å². The van der Waals surface area contributed by atoms with Crippen LogP contribution in [0, 0.1) is 6.92 Å². The normalized spacial score (nSPS) is 11.2. The van der Waals surface area contributed by atoms with E-state index in [1.165, 1.54) is 42.5 Å². The molecule has 46 heavy (non-hydrogen) atoms. The van der Waals surface area contributed by atoms with Crippen molar-refractivity contribution in [3.63, 3.8) is 0 Å². The highest BCUT2D eigenvalue weighted by molar-refractivity contribution is 7.91. The molecule has 0 saturated carbocycles. The molecule has 0 unspecified atom stereocenters. The number of rotatable bonds is 10. The lowest BCUT2D eigenvalue weighted by Crippen LogP contribution is -2.07. The van der Waals surface area contributed by atoms with Crippen molar-refractivity contribution < 1.29 is 38.3 Å². The van der Waals surface area contributed by atoms with Gasteiger partial charge in [0.1, 0.15) is 23.0 Å². The predicted octanol–water partition coefficient (Wildman–Crippen LogP) is 6.59. The number of anilines is 2. The summed E-state index contributed by atoms with van der Waals surface area (Å²) in [4.78, 5) is 0.243. The van der Waals surface area contributed by atoms with Crippen LogP contribution in [0.5, 0.6) is 46.5 Å². The van der Waals surface area contributed by atoms with Gasteiger partial charge < -0.3 is 29.9 Å². The van der Waals surface area contributed by atoms with Crippen LogP contribution in [0.15, 0.2) is 125 Å². The van der Waals surface area contributed by atoms with Crippen molar-refractivity contribution in [2.24, 2.45) is 0 Å². The quantitative estimate of drug-likeness (QED) is 0.0961. The van der Waals surface area contributed by atoms with Crippen LogP contribution in [0.2, 0.25) is 0 Å². The van der Waals surface area contributed by atoms with E-state index < -0.39 is 9.84 Å². The highest BCUT2D eigenvalue weighted by atomic mass is 32.2. The third-order valence-electron chi connectivity index (χ3n) is 6.91. The summed E-state index contributed by atoms with van der Waals surface area (Å²) in [5.74, 6) is 1.29. The van der Waals surface area contributed by atoms with Gasteiger partial charge in [-0.15, -0.1) is 0 Å². The zero-order valence-electron chi connectivity index (χ0n) is 24.2. The molecule has 0 radical (unpaired) electrons. The van der Waals surface area contributed by atoms with Gasteiger partial charge in [0, 0.05) is 24.3 Å². The second kappa shape index (κ2) is 12.1. The Balaban J connectivity index is 1.09. The van der Waals surface area contributed by atoms with Gasteiger partial charge in [0.15, 0.2) is 0 Å². The van der Waals surface area contributed by atoms with Crippen molar-refractivity contribution in [2.75, 3.05) is 10.9 Å². The highest BCUT2D eigenvalue weighted by Gasteiger charge is 2.21. The van der Waals surface area contributed by atoms with Gasteiger partial charge in [-0.05, 0) is 103 Å². The first kappa shape index (κ1) is 29.8. The Morgan fingerprint density at radius 3 is 1.30 bits per heavy atom. The summed E-state index contributed by atoms with van der Waals surface area (Å²) < 4.78 is 40.9. The molecular weight excluding hydrogens is 612 g/mol. The summed E-state index contributed by atoms with van der Waals surface area (Å²) >= 11 is 0. The molecule has 0 amide bonds. The lowest BCUT2D eigenvalue weighted by Gasteiger charge is -2.13. The second-order valence-corrected chi connectivity index (χ2v) is 12.1. The largest absolute Gasteiger partial charge is 0.493 e. The summed E-state index contributed by atoms with van der Waals surface area (Å²) in [5.41, 5.74) is 7.39. The third kappa shape index (κ3) is 6.21. The molecule has 6 N–H and O–H groups in total. The van der Waals surface area contributed by atoms with Gasteiger partial charge >= 0.3 is 0 Å². The van der Waals surface area contributed by atoms with Gasteiger partial charge in [0.05, 0.1) is 21.2 Å². The summed E-state index contributed by atoms with van der Waals surface area (Å²) in [6.07, 6.45) is 0. The van der Waals surface area contributed by atoms with E-state index in [4.69, 9.17) is 9.47 Å². The number of aryl methyl sites for hydroxylation is 1. The minimum Gasteiger partial charge on any atom is -0.493 e. The molecule has 2 aromatic heterocycles. The first-order valence-corrected chi connectivity index (χ1v) is 15.3. The zero-order chi connectivity index (χ0) is 32.4. The maximum atomic E-state index is 13.5. The average Bonchev–Trinajstić information content (AvgIpc) is 3.53. The molecule has 0 fully saturated rings. The summed E-state index contributed by atoms with van der Waals surface area (Å²) in [6, 6.07) is 29.8. The van der Waals surface area contributed by atoms with Crippen molar-refractivity contribution in [2.45, 2.75) is 16.7 Å². The van der Waals surface area contributed by atoms with Crippen LogP contribution in [-0.2, 0) is 9.84 Å². The summed E-state index contributed by atoms with van der Waals surface area (Å²) in [5, 5.41) is 39.1. The van der Waals surface area contributed by atoms with E-state index in [-0.39, 0.29) is 33.3 Å². The van der Waals surface area contributed by atoms with Crippen LogP contribution < -0.4 is 20.3 Å². The van der Waals surface area contributed by atoms with Crippen molar-refractivity contribution in [3.05, 3.63) is 121 Å². The molecule has 0 saturated heterocycles. The van der Waals surface area contributed by atoms with E-state index in [1.807, 2.05) is 0 Å². The summed E-state index contributed by atoms with van der Waals surface area (Å²) in [6.45, 7) is 1.69. The summed E-state index contributed by atoms with van der Waals surface area (Å²) in [7, 11) is -3.84. The van der Waals surface area contributed by atoms with Gasteiger partial charge in [0.25, 0.3) is 0 Å². The van der Waals surface area contributed by atoms with Crippen LogP contribution in [0.4, 0.5) is 11.4 Å². The molecule has 234 valence electrons. The van der Waals surface area contributed by atoms with Crippen LogP contribution in [0.25, 0.3) is 0 Å². The minimum absolute atomic E-state index is 0.102. The van der Waals surface area contributed by atoms with Crippen LogP contribution >= 0.6 is 0 Å². The molecule has 0 aliphatic rings. The fourth-order valence-corrected chi connectivity index (χ4v) is 6.06. The Bertz CT molecular complexity index is 2070. The maximum absolute atomic E-state index is 13.5. The number of benzene rings is 4. The molecule has 12 nitrogen and oxygen atoms in total. The smallest absolute Gasteiger partial charge is 0.213 e. The van der Waals surface area contributed by atoms with Crippen LogP contribution in [-0.4, -0.2) is 38.2 Å². The molecule has 0 aliphatic heterocycles. The van der Waals surface area contributed by atoms with Crippen molar-refractivity contribution in [1.82, 2.24) is 9.35 Å². The van der Waals surface area contributed by atoms with Gasteiger partial charge in [-0.1, -0.05) is 0 Å². The zero-order valence-corrected chi connectivity index (χ0v) is 25.0.